The van der Waals surface area contributed by atoms with Crippen LogP contribution >= 0.6 is 35.7 Å². The summed E-state index contributed by atoms with van der Waals surface area (Å²) >= 11 is 1.90. The molecule has 0 saturated heterocycles. The summed E-state index contributed by atoms with van der Waals surface area (Å²) in [5.74, 6) is 3.08. The fraction of sp³-hybridized carbons (Fsp3) is 0.588. The molecule has 0 radical (unpaired) electrons. The number of unbranched alkanes of at least 4 members (excludes halogenated alkanes) is 1. The number of ether oxygens (including phenoxy) is 1. The van der Waals surface area contributed by atoms with Crippen LogP contribution in [0.3, 0.4) is 0 Å². The van der Waals surface area contributed by atoms with Crippen LogP contribution in [0.1, 0.15) is 25.3 Å². The monoisotopic (exact) mass is 451 g/mol. The maximum Gasteiger partial charge on any atom is 0.193 e. The maximum absolute atomic E-state index is 5.19. The van der Waals surface area contributed by atoms with Crippen LogP contribution < -0.4 is 10.1 Å². The summed E-state index contributed by atoms with van der Waals surface area (Å²) in [7, 11) is 3.77. The SMILES string of the molecule is CCNC(=NCCCCSC)N(C)Cc1ccc(OC)cc1.I. The van der Waals surface area contributed by atoms with Crippen LogP contribution in [0.25, 0.3) is 0 Å². The van der Waals surface area contributed by atoms with E-state index in [0.717, 1.165) is 37.8 Å². The highest BCUT2D eigenvalue weighted by Gasteiger charge is 2.06. The second kappa shape index (κ2) is 13.8. The molecule has 0 spiro atoms. The van der Waals surface area contributed by atoms with Gasteiger partial charge in [-0.2, -0.15) is 11.8 Å². The Hall–Kier alpha value is -0.630. The highest BCUT2D eigenvalue weighted by atomic mass is 127. The average molecular weight is 451 g/mol. The molecule has 0 fully saturated rings. The summed E-state index contributed by atoms with van der Waals surface area (Å²) in [4.78, 5) is 6.88. The number of aliphatic imine (C=N–C) groups is 1. The third-order valence-electron chi connectivity index (χ3n) is 3.29. The van der Waals surface area contributed by atoms with Crippen molar-refractivity contribution in [3.05, 3.63) is 29.8 Å². The van der Waals surface area contributed by atoms with E-state index in [2.05, 4.69) is 42.6 Å². The molecular formula is C17H30IN3OS. The molecule has 0 aliphatic heterocycles. The van der Waals surface area contributed by atoms with Gasteiger partial charge in [-0.1, -0.05) is 12.1 Å². The first-order valence-corrected chi connectivity index (χ1v) is 9.22. The fourth-order valence-corrected chi connectivity index (χ4v) is 2.59. The third kappa shape index (κ3) is 9.30. The van der Waals surface area contributed by atoms with Gasteiger partial charge in [-0.05, 0) is 49.5 Å². The minimum absolute atomic E-state index is 0. The fourth-order valence-electron chi connectivity index (χ4n) is 2.09. The van der Waals surface area contributed by atoms with E-state index in [4.69, 9.17) is 9.73 Å². The van der Waals surface area contributed by atoms with E-state index in [0.29, 0.717) is 0 Å². The average Bonchev–Trinajstić information content (AvgIpc) is 2.54. The van der Waals surface area contributed by atoms with Crippen LogP contribution in [0.15, 0.2) is 29.3 Å². The summed E-state index contributed by atoms with van der Waals surface area (Å²) in [5, 5.41) is 3.36. The van der Waals surface area contributed by atoms with Gasteiger partial charge in [0, 0.05) is 26.7 Å². The van der Waals surface area contributed by atoms with Crippen LogP contribution in [0, 0.1) is 0 Å². The van der Waals surface area contributed by atoms with Crippen LogP contribution in [0.5, 0.6) is 5.75 Å². The molecule has 23 heavy (non-hydrogen) atoms. The third-order valence-corrected chi connectivity index (χ3v) is 3.99. The van der Waals surface area contributed by atoms with Gasteiger partial charge >= 0.3 is 0 Å². The number of methoxy groups -OCH3 is 1. The Morgan fingerprint density at radius 1 is 1.26 bits per heavy atom. The number of hydrogen-bond acceptors (Lipinski definition) is 3. The zero-order valence-electron chi connectivity index (χ0n) is 14.7. The Labute approximate surface area is 162 Å². The zero-order valence-corrected chi connectivity index (χ0v) is 17.8. The van der Waals surface area contributed by atoms with Gasteiger partial charge in [0.05, 0.1) is 7.11 Å². The van der Waals surface area contributed by atoms with Gasteiger partial charge in [0.1, 0.15) is 5.75 Å². The van der Waals surface area contributed by atoms with E-state index >= 15 is 0 Å². The van der Waals surface area contributed by atoms with Crippen molar-refractivity contribution in [1.29, 1.82) is 0 Å². The summed E-state index contributed by atoms with van der Waals surface area (Å²) in [6.07, 6.45) is 4.52. The number of thioether (sulfide) groups is 1. The van der Waals surface area contributed by atoms with Crippen molar-refractivity contribution in [1.82, 2.24) is 10.2 Å². The number of halogens is 1. The van der Waals surface area contributed by atoms with Gasteiger partial charge in [0.25, 0.3) is 0 Å². The lowest BCUT2D eigenvalue weighted by molar-refractivity contribution is 0.414. The van der Waals surface area contributed by atoms with Gasteiger partial charge < -0.3 is 15.0 Å². The molecule has 0 aliphatic rings. The van der Waals surface area contributed by atoms with Crippen molar-refractivity contribution in [2.45, 2.75) is 26.3 Å². The topological polar surface area (TPSA) is 36.9 Å². The summed E-state index contributed by atoms with van der Waals surface area (Å²) in [5.41, 5.74) is 1.25. The van der Waals surface area contributed by atoms with Crippen LogP contribution in [-0.2, 0) is 6.54 Å². The molecule has 0 amide bonds. The number of nitrogens with zero attached hydrogens (tertiary/aromatic N) is 2. The number of nitrogens with one attached hydrogen (secondary N) is 1. The molecule has 0 aliphatic carbocycles. The molecule has 1 rings (SSSR count). The number of guanidine groups is 1. The quantitative estimate of drug-likeness (QED) is 0.268. The minimum Gasteiger partial charge on any atom is -0.497 e. The molecular weight excluding hydrogens is 421 g/mol. The molecule has 1 aromatic carbocycles. The highest BCUT2D eigenvalue weighted by molar-refractivity contribution is 14.0. The summed E-state index contributed by atoms with van der Waals surface area (Å²) in [6, 6.07) is 8.18. The Balaban J connectivity index is 0.00000484. The van der Waals surface area contributed by atoms with Crippen molar-refractivity contribution < 1.29 is 4.74 Å². The highest BCUT2D eigenvalue weighted by Crippen LogP contribution is 2.12. The predicted molar refractivity (Wildman–Crippen MR) is 113 cm³/mol. The lowest BCUT2D eigenvalue weighted by Gasteiger charge is -2.22. The van der Waals surface area contributed by atoms with Crippen LogP contribution in [-0.4, -0.2) is 50.1 Å². The van der Waals surface area contributed by atoms with Gasteiger partial charge in [-0.25, -0.2) is 0 Å². The second-order valence-electron chi connectivity index (χ2n) is 5.14. The molecule has 0 unspecified atom stereocenters. The Morgan fingerprint density at radius 2 is 1.96 bits per heavy atom. The van der Waals surface area contributed by atoms with E-state index in [1.54, 1.807) is 7.11 Å². The van der Waals surface area contributed by atoms with E-state index < -0.39 is 0 Å². The maximum atomic E-state index is 5.19. The molecule has 1 aromatic rings. The lowest BCUT2D eigenvalue weighted by Crippen LogP contribution is -2.38. The minimum atomic E-state index is 0. The molecule has 0 heterocycles. The first kappa shape index (κ1) is 22.4. The molecule has 4 nitrogen and oxygen atoms in total. The van der Waals surface area contributed by atoms with Gasteiger partial charge in [0.2, 0.25) is 0 Å². The van der Waals surface area contributed by atoms with Crippen LogP contribution in [0.2, 0.25) is 0 Å². The van der Waals surface area contributed by atoms with E-state index in [1.807, 2.05) is 23.9 Å². The smallest absolute Gasteiger partial charge is 0.193 e. The first-order valence-electron chi connectivity index (χ1n) is 7.82. The van der Waals surface area contributed by atoms with E-state index in [9.17, 15) is 0 Å². The molecule has 132 valence electrons. The number of benzene rings is 1. The summed E-state index contributed by atoms with van der Waals surface area (Å²) in [6.45, 7) is 4.71. The molecule has 0 bridgehead atoms. The largest absolute Gasteiger partial charge is 0.497 e. The summed E-state index contributed by atoms with van der Waals surface area (Å²) < 4.78 is 5.19. The van der Waals surface area contributed by atoms with Crippen molar-refractivity contribution >= 4 is 41.7 Å². The Morgan fingerprint density at radius 3 is 2.52 bits per heavy atom. The zero-order chi connectivity index (χ0) is 16.2. The standard InChI is InChI=1S/C17H29N3OS.HI/c1-5-18-17(19-12-6-7-13-22-4)20(2)14-15-8-10-16(21-3)11-9-15;/h8-11H,5-7,12-14H2,1-4H3,(H,18,19);1H. The second-order valence-corrected chi connectivity index (χ2v) is 6.13. The van der Waals surface area contributed by atoms with Crippen molar-refractivity contribution in [2.75, 3.05) is 39.3 Å². The van der Waals surface area contributed by atoms with Gasteiger partial charge in [-0.3, -0.25) is 4.99 Å². The molecule has 1 N–H and O–H groups in total. The van der Waals surface area contributed by atoms with Gasteiger partial charge in [0.15, 0.2) is 5.96 Å². The van der Waals surface area contributed by atoms with Crippen molar-refractivity contribution in [2.24, 2.45) is 4.99 Å². The Kier molecular flexibility index (Phi) is 13.4. The van der Waals surface area contributed by atoms with Gasteiger partial charge in [-0.15, -0.1) is 24.0 Å². The molecule has 0 aromatic heterocycles. The van der Waals surface area contributed by atoms with Crippen LogP contribution in [0.4, 0.5) is 0 Å². The van der Waals surface area contributed by atoms with Crippen molar-refractivity contribution in [3.63, 3.8) is 0 Å². The molecule has 0 saturated carbocycles. The lowest BCUT2D eigenvalue weighted by atomic mass is 10.2. The molecule has 0 atom stereocenters. The van der Waals surface area contributed by atoms with Crippen molar-refractivity contribution in [3.8, 4) is 5.75 Å². The van der Waals surface area contributed by atoms with E-state index in [-0.39, 0.29) is 24.0 Å². The molecule has 6 heteroatoms. The predicted octanol–water partition coefficient (Wildman–Crippen LogP) is 3.85. The number of hydrogen-bond donors (Lipinski definition) is 1. The first-order chi connectivity index (χ1) is 10.7. The van der Waals surface area contributed by atoms with E-state index in [1.165, 1.54) is 17.7 Å². The number of rotatable bonds is 9. The Bertz CT molecular complexity index is 440. The normalized spacial score (nSPS) is 10.9.